The third kappa shape index (κ3) is 5.93. The van der Waals surface area contributed by atoms with Crippen LogP contribution in [0.1, 0.15) is 24.8 Å². The monoisotopic (exact) mass is 331 g/mol. The summed E-state index contributed by atoms with van der Waals surface area (Å²) >= 11 is 0. The van der Waals surface area contributed by atoms with Gasteiger partial charge in [0.15, 0.2) is 0 Å². The van der Waals surface area contributed by atoms with Gasteiger partial charge in [0, 0.05) is 16.7 Å². The fraction of sp³-hybridized carbons (Fsp3) is 0.500. The first kappa shape index (κ1) is 16.1. The highest BCUT2D eigenvalue weighted by molar-refractivity contribution is 8.13. The molecular formula is C14H18ClNO4S. The van der Waals surface area contributed by atoms with Crippen LogP contribution in [0.5, 0.6) is 0 Å². The van der Waals surface area contributed by atoms with E-state index in [0.29, 0.717) is 6.42 Å². The van der Waals surface area contributed by atoms with Gasteiger partial charge < -0.3 is 10.1 Å². The number of carbonyl (C=O) groups is 1. The van der Waals surface area contributed by atoms with E-state index in [9.17, 15) is 13.2 Å². The summed E-state index contributed by atoms with van der Waals surface area (Å²) in [6.07, 6.45) is 1.64. The number of hydrogen-bond acceptors (Lipinski definition) is 4. The maximum Gasteiger partial charge on any atom is 0.407 e. The van der Waals surface area contributed by atoms with Gasteiger partial charge in [0.05, 0.1) is 5.75 Å². The van der Waals surface area contributed by atoms with E-state index in [0.717, 1.165) is 18.4 Å². The van der Waals surface area contributed by atoms with Crippen molar-refractivity contribution >= 4 is 25.8 Å². The Morgan fingerprint density at radius 3 is 2.67 bits per heavy atom. The van der Waals surface area contributed by atoms with Crippen LogP contribution in [0.15, 0.2) is 30.3 Å². The van der Waals surface area contributed by atoms with Gasteiger partial charge in [-0.1, -0.05) is 30.3 Å². The lowest BCUT2D eigenvalue weighted by Gasteiger charge is -2.13. The normalized spacial score (nSPS) is 22.0. The highest BCUT2D eigenvalue weighted by Crippen LogP contribution is 2.27. The van der Waals surface area contributed by atoms with E-state index < -0.39 is 15.1 Å². The predicted octanol–water partition coefficient (Wildman–Crippen LogP) is 2.65. The SMILES string of the molecule is O=C(N[C@@H]1CC[C@H](CS(=O)(=O)Cl)C1)OCc1ccccc1. The number of halogens is 1. The van der Waals surface area contributed by atoms with Crippen LogP contribution in [-0.4, -0.2) is 26.3 Å². The molecule has 1 aliphatic carbocycles. The molecule has 7 heteroatoms. The summed E-state index contributed by atoms with van der Waals surface area (Å²) in [5, 5.41) is 2.77. The molecule has 21 heavy (non-hydrogen) atoms. The Morgan fingerprint density at radius 1 is 1.29 bits per heavy atom. The van der Waals surface area contributed by atoms with E-state index in [1.54, 1.807) is 0 Å². The Hall–Kier alpha value is -1.27. The highest BCUT2D eigenvalue weighted by atomic mass is 35.7. The number of nitrogens with one attached hydrogen (secondary N) is 1. The number of alkyl carbamates (subject to hydrolysis) is 1. The highest BCUT2D eigenvalue weighted by Gasteiger charge is 2.29. The van der Waals surface area contributed by atoms with Gasteiger partial charge in [0.1, 0.15) is 6.61 Å². The van der Waals surface area contributed by atoms with Crippen LogP contribution in [0.4, 0.5) is 4.79 Å². The molecule has 0 radical (unpaired) electrons. The minimum absolute atomic E-state index is 0.00641. The molecule has 1 fully saturated rings. The van der Waals surface area contributed by atoms with Crippen LogP contribution in [0.2, 0.25) is 0 Å². The molecule has 1 aliphatic rings. The van der Waals surface area contributed by atoms with Crippen molar-refractivity contribution in [3.05, 3.63) is 35.9 Å². The molecule has 0 saturated heterocycles. The first-order valence-corrected chi connectivity index (χ1v) is 9.30. The Balaban J connectivity index is 1.72. The lowest BCUT2D eigenvalue weighted by molar-refractivity contribution is 0.135. The predicted molar refractivity (Wildman–Crippen MR) is 80.5 cm³/mol. The molecule has 1 aromatic rings. The van der Waals surface area contributed by atoms with Crippen molar-refractivity contribution in [2.75, 3.05) is 5.75 Å². The molecule has 2 rings (SSSR count). The first-order valence-electron chi connectivity index (χ1n) is 6.82. The molecule has 116 valence electrons. The number of rotatable bonds is 5. The molecule has 5 nitrogen and oxygen atoms in total. The zero-order valence-electron chi connectivity index (χ0n) is 11.5. The Kier molecular flexibility index (Phi) is 5.47. The lowest BCUT2D eigenvalue weighted by Crippen LogP contribution is -2.33. The van der Waals surface area contributed by atoms with E-state index in [1.165, 1.54) is 0 Å². The molecule has 1 aromatic carbocycles. The second-order valence-electron chi connectivity index (χ2n) is 5.29. The number of amides is 1. The fourth-order valence-electron chi connectivity index (χ4n) is 2.57. The minimum Gasteiger partial charge on any atom is -0.445 e. The maximum atomic E-state index is 11.7. The van der Waals surface area contributed by atoms with Crippen LogP contribution in [-0.2, 0) is 20.4 Å². The molecule has 1 amide bonds. The van der Waals surface area contributed by atoms with Crippen molar-refractivity contribution in [2.24, 2.45) is 5.92 Å². The molecule has 0 aromatic heterocycles. The Labute approximate surface area is 129 Å². The van der Waals surface area contributed by atoms with Crippen molar-refractivity contribution in [2.45, 2.75) is 31.9 Å². The maximum absolute atomic E-state index is 11.7. The second kappa shape index (κ2) is 7.13. The Bertz CT molecular complexity index is 576. The Morgan fingerprint density at radius 2 is 2.00 bits per heavy atom. The molecule has 1 saturated carbocycles. The molecule has 2 atom stereocenters. The summed E-state index contributed by atoms with van der Waals surface area (Å²) in [5.74, 6) is -0.0295. The average Bonchev–Trinajstić information content (AvgIpc) is 2.82. The van der Waals surface area contributed by atoms with Crippen LogP contribution in [0, 0.1) is 5.92 Å². The standard InChI is InChI=1S/C14H18ClNO4S/c15-21(18,19)10-12-6-7-13(8-12)16-14(17)20-9-11-4-2-1-3-5-11/h1-5,12-13H,6-10H2,(H,16,17)/t12-,13+/m0/s1. The average molecular weight is 332 g/mol. The third-order valence-corrected chi connectivity index (χ3v) is 4.76. The van der Waals surface area contributed by atoms with Gasteiger partial charge in [0.2, 0.25) is 9.05 Å². The summed E-state index contributed by atoms with van der Waals surface area (Å²) in [5.41, 5.74) is 0.921. The van der Waals surface area contributed by atoms with Gasteiger partial charge in [-0.25, -0.2) is 13.2 Å². The minimum atomic E-state index is -3.48. The zero-order chi connectivity index (χ0) is 15.3. The van der Waals surface area contributed by atoms with Crippen molar-refractivity contribution < 1.29 is 17.9 Å². The fourth-order valence-corrected chi connectivity index (χ4v) is 3.97. The summed E-state index contributed by atoms with van der Waals surface area (Å²) in [6, 6.07) is 9.37. The van der Waals surface area contributed by atoms with Gasteiger partial charge in [0.25, 0.3) is 0 Å². The quantitative estimate of drug-likeness (QED) is 0.842. The van der Waals surface area contributed by atoms with Gasteiger partial charge in [-0.2, -0.15) is 0 Å². The zero-order valence-corrected chi connectivity index (χ0v) is 13.1. The van der Waals surface area contributed by atoms with Gasteiger partial charge in [-0.3, -0.25) is 0 Å². The summed E-state index contributed by atoms with van der Waals surface area (Å²) in [7, 11) is 1.77. The number of benzene rings is 1. The number of carbonyl (C=O) groups excluding carboxylic acids is 1. The van der Waals surface area contributed by atoms with Crippen molar-refractivity contribution in [3.8, 4) is 0 Å². The van der Waals surface area contributed by atoms with Crippen LogP contribution >= 0.6 is 10.7 Å². The van der Waals surface area contributed by atoms with E-state index >= 15 is 0 Å². The molecular weight excluding hydrogens is 314 g/mol. The van der Waals surface area contributed by atoms with E-state index in [-0.39, 0.29) is 24.3 Å². The topological polar surface area (TPSA) is 72.5 Å². The number of ether oxygens (including phenoxy) is 1. The van der Waals surface area contributed by atoms with E-state index in [2.05, 4.69) is 5.32 Å². The molecule has 0 heterocycles. The van der Waals surface area contributed by atoms with Gasteiger partial charge in [-0.15, -0.1) is 0 Å². The van der Waals surface area contributed by atoms with Crippen molar-refractivity contribution in [3.63, 3.8) is 0 Å². The summed E-state index contributed by atoms with van der Waals surface area (Å²) in [4.78, 5) is 11.7. The molecule has 0 spiro atoms. The largest absolute Gasteiger partial charge is 0.445 e. The van der Waals surface area contributed by atoms with Crippen LogP contribution in [0.3, 0.4) is 0 Å². The molecule has 0 unspecified atom stereocenters. The lowest BCUT2D eigenvalue weighted by atomic mass is 10.1. The first-order chi connectivity index (χ1) is 9.92. The second-order valence-corrected chi connectivity index (χ2v) is 8.11. The van der Waals surface area contributed by atoms with E-state index in [1.807, 2.05) is 30.3 Å². The smallest absolute Gasteiger partial charge is 0.407 e. The summed E-state index contributed by atoms with van der Waals surface area (Å²) in [6.45, 7) is 0.221. The van der Waals surface area contributed by atoms with Gasteiger partial charge >= 0.3 is 6.09 Å². The third-order valence-electron chi connectivity index (χ3n) is 3.51. The molecule has 0 bridgehead atoms. The van der Waals surface area contributed by atoms with Crippen molar-refractivity contribution in [1.82, 2.24) is 5.32 Å². The number of hydrogen-bond donors (Lipinski definition) is 1. The van der Waals surface area contributed by atoms with Crippen LogP contribution in [0.25, 0.3) is 0 Å². The van der Waals surface area contributed by atoms with E-state index in [4.69, 9.17) is 15.4 Å². The molecule has 1 N–H and O–H groups in total. The summed E-state index contributed by atoms with van der Waals surface area (Å²) < 4.78 is 27.2. The van der Waals surface area contributed by atoms with Gasteiger partial charge in [-0.05, 0) is 30.7 Å². The van der Waals surface area contributed by atoms with Crippen LogP contribution < -0.4 is 5.32 Å². The molecule has 0 aliphatic heterocycles. The van der Waals surface area contributed by atoms with Crippen molar-refractivity contribution in [1.29, 1.82) is 0 Å².